The molecule has 41 heavy (non-hydrogen) atoms. The van der Waals surface area contributed by atoms with Crippen LogP contribution in [0.3, 0.4) is 0 Å². The van der Waals surface area contributed by atoms with Gasteiger partial charge in [-0.05, 0) is 72.3 Å². The Bertz CT molecular complexity index is 1350. The molecule has 0 spiro atoms. The first kappa shape index (κ1) is 29.8. The summed E-state index contributed by atoms with van der Waals surface area (Å²) in [7, 11) is 0. The van der Waals surface area contributed by atoms with E-state index in [-0.39, 0.29) is 12.6 Å². The Morgan fingerprint density at radius 2 is 1.51 bits per heavy atom. The first-order valence-electron chi connectivity index (χ1n) is 14.1. The third-order valence-corrected chi connectivity index (χ3v) is 6.76. The zero-order valence-electron chi connectivity index (χ0n) is 23.3. The molecule has 0 aliphatic heterocycles. The molecule has 1 unspecified atom stereocenters. The van der Waals surface area contributed by atoms with Gasteiger partial charge in [0.15, 0.2) is 0 Å². The fourth-order valence-corrected chi connectivity index (χ4v) is 4.51. The molecule has 5 N–H and O–H groups in total. The quantitative estimate of drug-likeness (QED) is 0.127. The number of aliphatic hydroxyl groups excluding tert-OH is 2. The molecule has 0 aromatic heterocycles. The zero-order chi connectivity index (χ0) is 28.7. The fourth-order valence-electron chi connectivity index (χ4n) is 4.51. The summed E-state index contributed by atoms with van der Waals surface area (Å²) in [5.74, 6) is 0.606. The van der Waals surface area contributed by atoms with Gasteiger partial charge in [0, 0.05) is 24.3 Å². The molecule has 0 heterocycles. The molecular formula is C34H39N3O4. The summed E-state index contributed by atoms with van der Waals surface area (Å²) in [6, 6.07) is 33.1. The molecule has 0 radical (unpaired) electrons. The second-order valence-electron chi connectivity index (χ2n) is 9.94. The number of benzene rings is 4. The van der Waals surface area contributed by atoms with Crippen molar-refractivity contribution < 1.29 is 19.7 Å². The monoisotopic (exact) mass is 553 g/mol. The van der Waals surface area contributed by atoms with Crippen molar-refractivity contribution in [3.8, 4) is 5.75 Å². The van der Waals surface area contributed by atoms with Gasteiger partial charge in [0.1, 0.15) is 12.4 Å². The van der Waals surface area contributed by atoms with E-state index in [1.54, 1.807) is 12.1 Å². The number of hydrogen-bond acceptors (Lipinski definition) is 5. The minimum Gasteiger partial charge on any atom is -0.489 e. The van der Waals surface area contributed by atoms with Crippen molar-refractivity contribution in [2.24, 2.45) is 0 Å². The molecule has 0 bridgehead atoms. The highest BCUT2D eigenvalue weighted by molar-refractivity contribution is 5.89. The first-order valence-corrected chi connectivity index (χ1v) is 14.1. The summed E-state index contributed by atoms with van der Waals surface area (Å²) < 4.78 is 5.88. The van der Waals surface area contributed by atoms with Crippen LogP contribution in [-0.4, -0.2) is 35.9 Å². The van der Waals surface area contributed by atoms with E-state index in [2.05, 4.69) is 28.1 Å². The Labute approximate surface area is 242 Å². The summed E-state index contributed by atoms with van der Waals surface area (Å²) in [4.78, 5) is 12.3. The Morgan fingerprint density at radius 3 is 2.27 bits per heavy atom. The smallest absolute Gasteiger partial charge is 0.319 e. The van der Waals surface area contributed by atoms with Gasteiger partial charge in [-0.3, -0.25) is 0 Å². The van der Waals surface area contributed by atoms with Gasteiger partial charge in [-0.15, -0.1) is 0 Å². The lowest BCUT2D eigenvalue weighted by atomic mass is 10.0. The number of rotatable bonds is 15. The van der Waals surface area contributed by atoms with E-state index in [0.29, 0.717) is 37.6 Å². The van der Waals surface area contributed by atoms with E-state index in [4.69, 9.17) is 4.74 Å². The molecule has 4 aromatic carbocycles. The van der Waals surface area contributed by atoms with Crippen molar-refractivity contribution in [3.63, 3.8) is 0 Å². The molecule has 0 saturated carbocycles. The SMILES string of the molecule is O=C(NCCCc1ccccc1)Nc1cccc(CCNCC(O)c2ccc(OCc3ccccc3)c(CO)c2)c1. The lowest BCUT2D eigenvalue weighted by molar-refractivity contribution is 0.174. The van der Waals surface area contributed by atoms with Crippen molar-refractivity contribution in [1.29, 1.82) is 0 Å². The van der Waals surface area contributed by atoms with Gasteiger partial charge in [-0.25, -0.2) is 4.79 Å². The van der Waals surface area contributed by atoms with Crippen molar-refractivity contribution in [3.05, 3.63) is 131 Å². The number of ether oxygens (including phenoxy) is 1. The van der Waals surface area contributed by atoms with Crippen LogP contribution >= 0.6 is 0 Å². The molecule has 2 amide bonds. The number of urea groups is 1. The Hall–Kier alpha value is -4.17. The third kappa shape index (κ3) is 10.1. The topological polar surface area (TPSA) is 103 Å². The van der Waals surface area contributed by atoms with Crippen LogP contribution in [0.25, 0.3) is 0 Å². The Kier molecular flexibility index (Phi) is 11.8. The van der Waals surface area contributed by atoms with E-state index in [9.17, 15) is 15.0 Å². The van der Waals surface area contributed by atoms with E-state index >= 15 is 0 Å². The zero-order valence-corrected chi connectivity index (χ0v) is 23.3. The number of carbonyl (C=O) groups is 1. The number of hydrogen-bond donors (Lipinski definition) is 5. The third-order valence-electron chi connectivity index (χ3n) is 6.76. The minimum atomic E-state index is -0.720. The normalized spacial score (nSPS) is 11.6. The van der Waals surface area contributed by atoms with Crippen molar-refractivity contribution in [1.82, 2.24) is 10.6 Å². The Morgan fingerprint density at radius 1 is 0.780 bits per heavy atom. The lowest BCUT2D eigenvalue weighted by Gasteiger charge is -2.16. The predicted molar refractivity (Wildman–Crippen MR) is 163 cm³/mol. The number of nitrogens with one attached hydrogen (secondary N) is 3. The maximum atomic E-state index is 12.3. The highest BCUT2D eigenvalue weighted by Crippen LogP contribution is 2.24. The second kappa shape index (κ2) is 16.2. The molecule has 1 atom stereocenters. The van der Waals surface area contributed by atoms with Crippen LogP contribution in [0, 0.1) is 0 Å². The maximum Gasteiger partial charge on any atom is 0.319 e. The van der Waals surface area contributed by atoms with Crippen LogP contribution in [0.5, 0.6) is 5.75 Å². The summed E-state index contributed by atoms with van der Waals surface area (Å²) in [6.45, 7) is 1.88. The number of anilines is 1. The molecule has 214 valence electrons. The minimum absolute atomic E-state index is 0.172. The molecule has 4 aromatic rings. The molecule has 7 heteroatoms. The van der Waals surface area contributed by atoms with Crippen molar-refractivity contribution in [2.75, 3.05) is 25.0 Å². The van der Waals surface area contributed by atoms with Crippen LogP contribution in [0.4, 0.5) is 10.5 Å². The maximum absolute atomic E-state index is 12.3. The van der Waals surface area contributed by atoms with Crippen molar-refractivity contribution >= 4 is 11.7 Å². The predicted octanol–water partition coefficient (Wildman–Crippen LogP) is 5.38. The molecular weight excluding hydrogens is 514 g/mol. The van der Waals surface area contributed by atoms with Crippen LogP contribution in [0.2, 0.25) is 0 Å². The molecule has 4 rings (SSSR count). The van der Waals surface area contributed by atoms with Gasteiger partial charge in [-0.1, -0.05) is 78.9 Å². The summed E-state index contributed by atoms with van der Waals surface area (Å²) >= 11 is 0. The first-order chi connectivity index (χ1) is 20.1. The van der Waals surface area contributed by atoms with Crippen LogP contribution in [0.1, 0.15) is 40.3 Å². The average molecular weight is 554 g/mol. The van der Waals surface area contributed by atoms with E-state index in [0.717, 1.165) is 41.6 Å². The number of amides is 2. The molecule has 0 aliphatic carbocycles. The highest BCUT2D eigenvalue weighted by atomic mass is 16.5. The Balaban J connectivity index is 1.16. The van der Waals surface area contributed by atoms with Gasteiger partial charge in [0.05, 0.1) is 12.7 Å². The van der Waals surface area contributed by atoms with E-state index in [1.807, 2.05) is 78.9 Å². The standard InChI is InChI=1S/C34H39N3O4/c38-24-30-22-29(16-17-33(30)41-25-28-11-5-2-6-12-28)32(39)23-35-20-18-27-13-7-15-31(21-27)37-34(40)36-19-8-14-26-9-3-1-4-10-26/h1-7,9-13,15-17,21-22,32,35,38-39H,8,14,18-20,23-25H2,(H2,36,37,40). The van der Waals surface area contributed by atoms with Crippen LogP contribution in [-0.2, 0) is 26.1 Å². The molecule has 7 nitrogen and oxygen atoms in total. The second-order valence-corrected chi connectivity index (χ2v) is 9.94. The number of carbonyl (C=O) groups excluding carboxylic acids is 1. The summed E-state index contributed by atoms with van der Waals surface area (Å²) in [5.41, 5.74) is 5.49. The fraction of sp³-hybridized carbons (Fsp3) is 0.265. The van der Waals surface area contributed by atoms with Gasteiger partial charge in [0.2, 0.25) is 0 Å². The highest BCUT2D eigenvalue weighted by Gasteiger charge is 2.12. The van der Waals surface area contributed by atoms with Gasteiger partial charge in [-0.2, -0.15) is 0 Å². The van der Waals surface area contributed by atoms with Gasteiger partial charge >= 0.3 is 6.03 Å². The molecule has 0 aliphatic rings. The average Bonchev–Trinajstić information content (AvgIpc) is 3.01. The molecule has 0 fully saturated rings. The van der Waals surface area contributed by atoms with Crippen LogP contribution in [0.15, 0.2) is 103 Å². The number of aryl methyl sites for hydroxylation is 1. The van der Waals surface area contributed by atoms with Crippen LogP contribution < -0.4 is 20.7 Å². The van der Waals surface area contributed by atoms with Gasteiger partial charge < -0.3 is 30.9 Å². The lowest BCUT2D eigenvalue weighted by Crippen LogP contribution is -2.29. The van der Waals surface area contributed by atoms with E-state index < -0.39 is 6.10 Å². The number of aliphatic hydroxyl groups is 2. The van der Waals surface area contributed by atoms with Gasteiger partial charge in [0.25, 0.3) is 0 Å². The molecule has 0 saturated heterocycles. The van der Waals surface area contributed by atoms with Crippen molar-refractivity contribution in [2.45, 2.75) is 38.6 Å². The summed E-state index contributed by atoms with van der Waals surface area (Å²) in [6.07, 6.45) is 1.83. The van der Waals surface area contributed by atoms with E-state index in [1.165, 1.54) is 5.56 Å². The largest absolute Gasteiger partial charge is 0.489 e. The summed E-state index contributed by atoms with van der Waals surface area (Å²) in [5, 5.41) is 29.6.